The summed E-state index contributed by atoms with van der Waals surface area (Å²) in [7, 11) is 1.84. The van der Waals surface area contributed by atoms with Gasteiger partial charge in [-0.25, -0.2) is 4.98 Å². The number of benzene rings is 1. The minimum Gasteiger partial charge on any atom is -0.305 e. The zero-order valence-corrected chi connectivity index (χ0v) is 21.3. The maximum atomic E-state index is 12.9. The summed E-state index contributed by atoms with van der Waals surface area (Å²) in [5.74, 6) is 2.20. The van der Waals surface area contributed by atoms with Gasteiger partial charge in [0.2, 0.25) is 0 Å². The molecule has 5 rings (SSSR count). The number of hydrogen-bond acceptors (Lipinski definition) is 5. The predicted molar refractivity (Wildman–Crippen MR) is 130 cm³/mol. The van der Waals surface area contributed by atoms with Crippen LogP contribution in [0.1, 0.15) is 29.8 Å². The second kappa shape index (κ2) is 8.95. The average molecular weight is 552 g/mol. The van der Waals surface area contributed by atoms with Gasteiger partial charge in [0, 0.05) is 47.0 Å². The highest BCUT2D eigenvalue weighted by Gasteiger charge is 2.60. The van der Waals surface area contributed by atoms with E-state index in [1.54, 1.807) is 18.7 Å². The van der Waals surface area contributed by atoms with E-state index >= 15 is 0 Å². The van der Waals surface area contributed by atoms with Gasteiger partial charge in [-0.1, -0.05) is 39.8 Å². The van der Waals surface area contributed by atoms with E-state index < -0.39 is 11.9 Å². The van der Waals surface area contributed by atoms with Gasteiger partial charge >= 0.3 is 6.18 Å². The Morgan fingerprint density at radius 2 is 1.91 bits per heavy atom. The minimum absolute atomic E-state index is 0.286. The Balaban J connectivity index is 1.15. The maximum absolute atomic E-state index is 12.9. The normalized spacial score (nSPS) is 22.2. The molecule has 0 amide bonds. The molecule has 0 radical (unpaired) electrons. The predicted octanol–water partition coefficient (Wildman–Crippen LogP) is 5.72. The standard InChI is InChI=1S/C24H25BrF3N5S/c1-15-19(8-9-20(29-15)24(26,27)28)21-30-31-22(32(21)2)34-11-3-10-33-13-17-12-23(17,14-33)16-4-6-18(25)7-5-16/h4-9,17H,3,10-14H2,1-2H3. The fraction of sp³-hybridized carbons (Fsp3) is 0.458. The summed E-state index contributed by atoms with van der Waals surface area (Å²) in [6, 6.07) is 11.2. The number of nitrogens with zero attached hydrogens (tertiary/aromatic N) is 5. The molecule has 1 saturated carbocycles. The summed E-state index contributed by atoms with van der Waals surface area (Å²) in [6.45, 7) is 4.90. The highest BCUT2D eigenvalue weighted by Crippen LogP contribution is 2.59. The molecule has 1 saturated heterocycles. The molecular formula is C24H25BrF3N5S. The number of thioether (sulfide) groups is 1. The van der Waals surface area contributed by atoms with Crippen molar-refractivity contribution in [3.05, 3.63) is 57.8 Å². The van der Waals surface area contributed by atoms with Gasteiger partial charge in [-0.15, -0.1) is 10.2 Å². The van der Waals surface area contributed by atoms with Gasteiger partial charge in [0.15, 0.2) is 11.0 Å². The number of alkyl halides is 3. The van der Waals surface area contributed by atoms with Crippen LogP contribution in [0.15, 0.2) is 46.0 Å². The van der Waals surface area contributed by atoms with Gasteiger partial charge in [-0.2, -0.15) is 13.2 Å². The second-order valence-electron chi connectivity index (χ2n) is 9.19. The number of fused-ring (bicyclic) bond motifs is 1. The Kier molecular flexibility index (Phi) is 6.27. The molecule has 10 heteroatoms. The van der Waals surface area contributed by atoms with Crippen LogP contribution in [0.25, 0.3) is 11.4 Å². The van der Waals surface area contributed by atoms with Crippen molar-refractivity contribution in [2.24, 2.45) is 13.0 Å². The number of likely N-dealkylation sites (tertiary alicyclic amines) is 1. The lowest BCUT2D eigenvalue weighted by Gasteiger charge is -2.21. The molecule has 2 fully saturated rings. The Morgan fingerprint density at radius 1 is 1.15 bits per heavy atom. The quantitative estimate of drug-likeness (QED) is 0.277. The van der Waals surface area contributed by atoms with E-state index in [2.05, 4.69) is 60.3 Å². The Hall–Kier alpha value is -1.91. The van der Waals surface area contributed by atoms with Gasteiger partial charge in [0.25, 0.3) is 0 Å². The maximum Gasteiger partial charge on any atom is 0.433 e. The Morgan fingerprint density at radius 3 is 2.62 bits per heavy atom. The smallest absolute Gasteiger partial charge is 0.305 e. The summed E-state index contributed by atoms with van der Waals surface area (Å²) in [4.78, 5) is 6.28. The molecule has 5 nitrogen and oxygen atoms in total. The Bertz CT molecular complexity index is 1200. The van der Waals surface area contributed by atoms with E-state index in [1.165, 1.54) is 18.1 Å². The number of rotatable bonds is 7. The monoisotopic (exact) mass is 551 g/mol. The van der Waals surface area contributed by atoms with E-state index in [1.807, 2.05) is 11.6 Å². The molecule has 2 aliphatic rings. The summed E-state index contributed by atoms with van der Waals surface area (Å²) in [5.41, 5.74) is 1.75. The average Bonchev–Trinajstić information content (AvgIpc) is 3.16. The third kappa shape index (κ3) is 4.52. The third-order valence-corrected chi connectivity index (χ3v) is 8.57. The lowest BCUT2D eigenvalue weighted by atomic mass is 9.95. The van der Waals surface area contributed by atoms with Crippen LogP contribution in [0.2, 0.25) is 0 Å². The molecule has 3 aromatic rings. The molecule has 2 atom stereocenters. The van der Waals surface area contributed by atoms with E-state index in [9.17, 15) is 13.2 Å². The van der Waals surface area contributed by atoms with Crippen LogP contribution < -0.4 is 0 Å². The third-order valence-electron chi connectivity index (χ3n) is 6.94. The van der Waals surface area contributed by atoms with Gasteiger partial charge in [0.05, 0.1) is 0 Å². The number of aromatic nitrogens is 4. The lowest BCUT2D eigenvalue weighted by Crippen LogP contribution is -2.27. The molecule has 1 aliphatic heterocycles. The van der Waals surface area contributed by atoms with Gasteiger partial charge in [0.1, 0.15) is 5.69 Å². The summed E-state index contributed by atoms with van der Waals surface area (Å²) in [5, 5.41) is 9.23. The van der Waals surface area contributed by atoms with Crippen LogP contribution in [-0.2, 0) is 18.6 Å². The van der Waals surface area contributed by atoms with Crippen molar-refractivity contribution in [1.29, 1.82) is 0 Å². The Labute approximate surface area is 209 Å². The zero-order valence-electron chi connectivity index (χ0n) is 18.9. The van der Waals surface area contributed by atoms with Crippen molar-refractivity contribution in [2.75, 3.05) is 25.4 Å². The molecule has 0 N–H and O–H groups in total. The highest BCUT2D eigenvalue weighted by atomic mass is 79.9. The van der Waals surface area contributed by atoms with E-state index in [4.69, 9.17) is 0 Å². The van der Waals surface area contributed by atoms with Crippen LogP contribution in [0.4, 0.5) is 13.2 Å². The molecule has 0 bridgehead atoms. The molecule has 34 heavy (non-hydrogen) atoms. The lowest BCUT2D eigenvalue weighted by molar-refractivity contribution is -0.141. The van der Waals surface area contributed by atoms with Crippen LogP contribution in [-0.4, -0.2) is 50.0 Å². The summed E-state index contributed by atoms with van der Waals surface area (Å²) in [6.07, 6.45) is -2.13. The first kappa shape index (κ1) is 23.8. The van der Waals surface area contributed by atoms with Crippen LogP contribution >= 0.6 is 27.7 Å². The van der Waals surface area contributed by atoms with Crippen molar-refractivity contribution in [1.82, 2.24) is 24.6 Å². The first-order valence-electron chi connectivity index (χ1n) is 11.2. The molecule has 1 aliphatic carbocycles. The number of pyridine rings is 1. The first-order chi connectivity index (χ1) is 16.2. The summed E-state index contributed by atoms with van der Waals surface area (Å²) >= 11 is 5.15. The second-order valence-corrected chi connectivity index (χ2v) is 11.2. The number of halogens is 4. The van der Waals surface area contributed by atoms with Crippen molar-refractivity contribution >= 4 is 27.7 Å². The van der Waals surface area contributed by atoms with Crippen LogP contribution in [0.5, 0.6) is 0 Å². The SMILES string of the molecule is Cc1nc(C(F)(F)F)ccc1-c1nnc(SCCCN2CC3CC3(c3ccc(Br)cc3)C2)n1C. The van der Waals surface area contributed by atoms with Gasteiger partial charge < -0.3 is 9.47 Å². The number of hydrogen-bond donors (Lipinski definition) is 0. The number of piperidine rings is 1. The van der Waals surface area contributed by atoms with Gasteiger partial charge in [-0.3, -0.25) is 0 Å². The molecule has 3 heterocycles. The van der Waals surface area contributed by atoms with Gasteiger partial charge in [-0.05, 0) is 62.1 Å². The largest absolute Gasteiger partial charge is 0.433 e. The van der Waals surface area contributed by atoms with Crippen molar-refractivity contribution < 1.29 is 13.2 Å². The van der Waals surface area contributed by atoms with Crippen molar-refractivity contribution in [3.63, 3.8) is 0 Å². The molecule has 1 aromatic carbocycles. The molecule has 180 valence electrons. The van der Waals surface area contributed by atoms with E-state index in [0.29, 0.717) is 16.8 Å². The van der Waals surface area contributed by atoms with Crippen molar-refractivity contribution in [3.8, 4) is 11.4 Å². The molecule has 0 spiro atoms. The zero-order chi connectivity index (χ0) is 24.1. The van der Waals surface area contributed by atoms with E-state index in [0.717, 1.165) is 53.4 Å². The topological polar surface area (TPSA) is 46.8 Å². The summed E-state index contributed by atoms with van der Waals surface area (Å²) < 4.78 is 41.7. The molecule has 2 unspecified atom stereocenters. The fourth-order valence-corrected chi connectivity index (χ4v) is 6.17. The molecule has 2 aromatic heterocycles. The van der Waals surface area contributed by atoms with Crippen LogP contribution in [0.3, 0.4) is 0 Å². The minimum atomic E-state index is -4.46. The molecular weight excluding hydrogens is 527 g/mol. The van der Waals surface area contributed by atoms with Crippen molar-refractivity contribution in [2.45, 2.75) is 36.5 Å². The fourth-order valence-electron chi connectivity index (χ4n) is 5.07. The van der Waals surface area contributed by atoms with Crippen LogP contribution in [0, 0.1) is 12.8 Å². The van der Waals surface area contributed by atoms with E-state index in [-0.39, 0.29) is 5.69 Å². The number of aryl methyl sites for hydroxylation is 1. The first-order valence-corrected chi connectivity index (χ1v) is 13.0. The highest BCUT2D eigenvalue weighted by molar-refractivity contribution is 9.10.